The first kappa shape index (κ1) is 12.8. The van der Waals surface area contributed by atoms with Gasteiger partial charge in [-0.2, -0.15) is 0 Å². The van der Waals surface area contributed by atoms with Crippen molar-refractivity contribution in [1.82, 2.24) is 5.32 Å². The van der Waals surface area contributed by atoms with Crippen LogP contribution in [0.2, 0.25) is 0 Å². The summed E-state index contributed by atoms with van der Waals surface area (Å²) in [5.74, 6) is 1.39. The van der Waals surface area contributed by atoms with Crippen LogP contribution in [0.5, 0.6) is 0 Å². The zero-order chi connectivity index (χ0) is 12.1. The molecule has 17 heavy (non-hydrogen) atoms. The zero-order valence-electron chi connectivity index (χ0n) is 10.5. The quantitative estimate of drug-likeness (QED) is 0.654. The molecule has 2 fully saturated rings. The molecule has 4 heteroatoms. The summed E-state index contributed by atoms with van der Waals surface area (Å²) in [6.07, 6.45) is 6.54. The molecule has 0 spiro atoms. The lowest BCUT2D eigenvalue weighted by molar-refractivity contribution is -0.122. The van der Waals surface area contributed by atoms with Gasteiger partial charge in [0.05, 0.1) is 6.61 Å². The van der Waals surface area contributed by atoms with Crippen LogP contribution in [0.25, 0.3) is 0 Å². The van der Waals surface area contributed by atoms with E-state index in [0.717, 1.165) is 26.0 Å². The minimum absolute atomic E-state index is 0.134. The molecule has 3 N–H and O–H groups in total. The second kappa shape index (κ2) is 6.36. The molecule has 0 heterocycles. The normalized spacial score (nSPS) is 28.3. The monoisotopic (exact) mass is 240 g/mol. The molecule has 2 unspecified atom stereocenters. The van der Waals surface area contributed by atoms with Gasteiger partial charge in [-0.15, -0.1) is 0 Å². The van der Waals surface area contributed by atoms with Crippen molar-refractivity contribution in [2.24, 2.45) is 17.6 Å². The number of carbonyl (C=O) groups excluding carboxylic acids is 1. The van der Waals surface area contributed by atoms with Crippen molar-refractivity contribution in [3.63, 3.8) is 0 Å². The number of carbonyl (C=O) groups is 1. The average Bonchev–Trinajstić information content (AvgIpc) is 3.01. The second-order valence-corrected chi connectivity index (χ2v) is 5.35. The topological polar surface area (TPSA) is 64.3 Å². The smallest absolute Gasteiger partial charge is 0.222 e. The molecule has 2 rings (SSSR count). The minimum Gasteiger partial charge on any atom is -0.381 e. The van der Waals surface area contributed by atoms with E-state index in [9.17, 15) is 4.79 Å². The molecule has 0 bridgehead atoms. The predicted octanol–water partition coefficient (Wildman–Crippen LogP) is 1.05. The Kier molecular flexibility index (Phi) is 4.80. The first-order chi connectivity index (χ1) is 8.29. The molecular weight excluding hydrogens is 216 g/mol. The van der Waals surface area contributed by atoms with E-state index in [-0.39, 0.29) is 5.91 Å². The van der Waals surface area contributed by atoms with E-state index in [2.05, 4.69) is 5.32 Å². The molecule has 0 radical (unpaired) electrons. The lowest BCUT2D eigenvalue weighted by Gasteiger charge is -2.17. The van der Waals surface area contributed by atoms with Crippen molar-refractivity contribution < 1.29 is 9.53 Å². The molecule has 98 valence electrons. The van der Waals surface area contributed by atoms with Crippen LogP contribution < -0.4 is 11.1 Å². The van der Waals surface area contributed by atoms with Crippen molar-refractivity contribution in [2.75, 3.05) is 19.8 Å². The maximum atomic E-state index is 11.4. The van der Waals surface area contributed by atoms with E-state index < -0.39 is 0 Å². The molecule has 2 aliphatic rings. The van der Waals surface area contributed by atoms with E-state index in [1.54, 1.807) is 0 Å². The van der Waals surface area contributed by atoms with Crippen LogP contribution in [-0.2, 0) is 9.53 Å². The third-order valence-corrected chi connectivity index (χ3v) is 3.87. The molecule has 0 aliphatic heterocycles. The Morgan fingerprint density at radius 3 is 2.71 bits per heavy atom. The van der Waals surface area contributed by atoms with Crippen LogP contribution in [0.15, 0.2) is 0 Å². The average molecular weight is 240 g/mol. The lowest BCUT2D eigenvalue weighted by atomic mass is 9.97. The number of hydrogen-bond donors (Lipinski definition) is 2. The van der Waals surface area contributed by atoms with Crippen molar-refractivity contribution in [2.45, 2.75) is 44.6 Å². The van der Waals surface area contributed by atoms with Crippen LogP contribution >= 0.6 is 0 Å². The molecule has 2 atom stereocenters. The molecule has 2 aliphatic carbocycles. The van der Waals surface area contributed by atoms with Crippen LogP contribution in [0, 0.1) is 11.8 Å². The van der Waals surface area contributed by atoms with Gasteiger partial charge in [0, 0.05) is 19.1 Å². The van der Waals surface area contributed by atoms with Gasteiger partial charge >= 0.3 is 0 Å². The standard InChI is InChI=1S/C13H24N2O2/c14-8-10-2-1-3-11(10)9-17-7-6-13(16)15-12-4-5-12/h10-12H,1-9,14H2,(H,15,16). The highest BCUT2D eigenvalue weighted by Crippen LogP contribution is 2.30. The summed E-state index contributed by atoms with van der Waals surface area (Å²) in [7, 11) is 0. The van der Waals surface area contributed by atoms with E-state index in [1.807, 2.05) is 0 Å². The van der Waals surface area contributed by atoms with Gasteiger partial charge in [0.25, 0.3) is 0 Å². The largest absolute Gasteiger partial charge is 0.381 e. The summed E-state index contributed by atoms with van der Waals surface area (Å²) in [5, 5.41) is 2.96. The lowest BCUT2D eigenvalue weighted by Crippen LogP contribution is -2.27. The van der Waals surface area contributed by atoms with Crippen molar-refractivity contribution >= 4 is 5.91 Å². The maximum absolute atomic E-state index is 11.4. The summed E-state index contributed by atoms with van der Waals surface area (Å²) < 4.78 is 5.61. The Bertz CT molecular complexity index is 254. The highest BCUT2D eigenvalue weighted by Gasteiger charge is 2.26. The van der Waals surface area contributed by atoms with Crippen LogP contribution in [0.3, 0.4) is 0 Å². The Hall–Kier alpha value is -0.610. The van der Waals surface area contributed by atoms with Crippen molar-refractivity contribution in [3.05, 3.63) is 0 Å². The third kappa shape index (κ3) is 4.28. The second-order valence-electron chi connectivity index (χ2n) is 5.35. The van der Waals surface area contributed by atoms with E-state index >= 15 is 0 Å². The number of nitrogens with two attached hydrogens (primary N) is 1. The molecule has 0 saturated heterocycles. The van der Waals surface area contributed by atoms with Gasteiger partial charge in [-0.1, -0.05) is 6.42 Å². The Morgan fingerprint density at radius 1 is 1.24 bits per heavy atom. The van der Waals surface area contributed by atoms with Gasteiger partial charge < -0.3 is 15.8 Å². The molecule has 2 saturated carbocycles. The molecule has 4 nitrogen and oxygen atoms in total. The van der Waals surface area contributed by atoms with Gasteiger partial charge in [0.1, 0.15) is 0 Å². The number of hydrogen-bond acceptors (Lipinski definition) is 3. The predicted molar refractivity (Wildman–Crippen MR) is 66.5 cm³/mol. The summed E-state index contributed by atoms with van der Waals surface area (Å²) in [6.45, 7) is 2.10. The van der Waals surface area contributed by atoms with Gasteiger partial charge in [0.2, 0.25) is 5.91 Å². The molecule has 1 amide bonds. The summed E-state index contributed by atoms with van der Waals surface area (Å²) >= 11 is 0. The zero-order valence-corrected chi connectivity index (χ0v) is 10.5. The Morgan fingerprint density at radius 2 is 2.00 bits per heavy atom. The van der Waals surface area contributed by atoms with Gasteiger partial charge in [-0.25, -0.2) is 0 Å². The maximum Gasteiger partial charge on any atom is 0.222 e. The fraction of sp³-hybridized carbons (Fsp3) is 0.923. The van der Waals surface area contributed by atoms with Gasteiger partial charge in [-0.05, 0) is 44.1 Å². The van der Waals surface area contributed by atoms with Gasteiger partial charge in [0.15, 0.2) is 0 Å². The fourth-order valence-corrected chi connectivity index (χ4v) is 2.57. The highest BCUT2D eigenvalue weighted by atomic mass is 16.5. The van der Waals surface area contributed by atoms with E-state index in [4.69, 9.17) is 10.5 Å². The van der Waals surface area contributed by atoms with E-state index in [0.29, 0.717) is 30.9 Å². The van der Waals surface area contributed by atoms with Crippen molar-refractivity contribution in [1.29, 1.82) is 0 Å². The van der Waals surface area contributed by atoms with E-state index in [1.165, 1.54) is 19.3 Å². The SMILES string of the molecule is NCC1CCCC1COCCC(=O)NC1CC1. The van der Waals surface area contributed by atoms with Crippen LogP contribution in [0.1, 0.15) is 38.5 Å². The number of rotatable bonds is 7. The first-order valence-corrected chi connectivity index (χ1v) is 6.86. The Labute approximate surface area is 103 Å². The third-order valence-electron chi connectivity index (χ3n) is 3.87. The van der Waals surface area contributed by atoms with Crippen molar-refractivity contribution in [3.8, 4) is 0 Å². The number of ether oxygens (including phenoxy) is 1. The summed E-state index contributed by atoms with van der Waals surface area (Å²) in [4.78, 5) is 11.4. The highest BCUT2D eigenvalue weighted by molar-refractivity contribution is 5.76. The molecule has 0 aromatic rings. The summed E-state index contributed by atoms with van der Waals surface area (Å²) in [6, 6.07) is 0.457. The Balaban J connectivity index is 1.51. The summed E-state index contributed by atoms with van der Waals surface area (Å²) in [5.41, 5.74) is 5.72. The molecule has 0 aromatic carbocycles. The van der Waals surface area contributed by atoms with Gasteiger partial charge in [-0.3, -0.25) is 4.79 Å². The number of nitrogens with one attached hydrogen (secondary N) is 1. The van der Waals surface area contributed by atoms with Crippen LogP contribution in [0.4, 0.5) is 0 Å². The first-order valence-electron chi connectivity index (χ1n) is 6.86. The number of amides is 1. The minimum atomic E-state index is 0.134. The van der Waals surface area contributed by atoms with Crippen LogP contribution in [-0.4, -0.2) is 31.7 Å². The fourth-order valence-electron chi connectivity index (χ4n) is 2.57. The molecular formula is C13H24N2O2. The molecule has 0 aromatic heterocycles.